The number of nitrogens with one attached hydrogen (secondary N) is 1. The second-order valence-corrected chi connectivity index (χ2v) is 6.13. The summed E-state index contributed by atoms with van der Waals surface area (Å²) in [5.41, 5.74) is 10.9. The molecule has 0 amide bonds. The molecule has 144 valence electrons. The lowest BCUT2D eigenvalue weighted by molar-refractivity contribution is 0.294. The van der Waals surface area contributed by atoms with Crippen molar-refractivity contribution in [2.45, 2.75) is 26.4 Å². The third kappa shape index (κ3) is 5.26. The van der Waals surface area contributed by atoms with Crippen molar-refractivity contribution < 1.29 is 9.47 Å². The Hall–Kier alpha value is -2.95. The van der Waals surface area contributed by atoms with Crippen LogP contribution in [0.5, 0.6) is 11.5 Å². The number of nitrogens with zero attached hydrogens (tertiary/aromatic N) is 1. The standard InChI is InChI=1S/C22H29N3O2/c1-5-7-17-14-16(19(23)12-13-24-2)10-11-21(17)27-15-18-20(25-3)8-6-9-22(18)26-4/h6,8-14,25H,5,7,15,23H2,1-4H3. The van der Waals surface area contributed by atoms with Crippen LogP contribution in [-0.2, 0) is 13.0 Å². The van der Waals surface area contributed by atoms with Crippen molar-refractivity contribution >= 4 is 17.6 Å². The number of ether oxygens (including phenoxy) is 2. The third-order valence-electron chi connectivity index (χ3n) is 4.31. The van der Waals surface area contributed by atoms with Gasteiger partial charge in [-0.25, -0.2) is 0 Å². The first-order valence-electron chi connectivity index (χ1n) is 9.12. The minimum Gasteiger partial charge on any atom is -0.496 e. The van der Waals surface area contributed by atoms with Crippen LogP contribution in [0, 0.1) is 0 Å². The maximum absolute atomic E-state index is 6.17. The highest BCUT2D eigenvalue weighted by atomic mass is 16.5. The van der Waals surface area contributed by atoms with Gasteiger partial charge in [0.2, 0.25) is 0 Å². The molecule has 0 saturated heterocycles. The van der Waals surface area contributed by atoms with Crippen LogP contribution in [-0.4, -0.2) is 27.4 Å². The topological polar surface area (TPSA) is 68.9 Å². The number of allylic oxidation sites excluding steroid dienone is 1. The van der Waals surface area contributed by atoms with Crippen molar-refractivity contribution in [2.24, 2.45) is 10.7 Å². The zero-order valence-corrected chi connectivity index (χ0v) is 16.6. The van der Waals surface area contributed by atoms with Crippen LogP contribution < -0.4 is 20.5 Å². The normalized spacial score (nSPS) is 11.6. The van der Waals surface area contributed by atoms with Crippen molar-refractivity contribution in [2.75, 3.05) is 26.5 Å². The average Bonchev–Trinajstić information content (AvgIpc) is 2.70. The van der Waals surface area contributed by atoms with E-state index in [0.29, 0.717) is 12.3 Å². The number of aryl methyl sites for hydroxylation is 1. The molecule has 0 atom stereocenters. The van der Waals surface area contributed by atoms with Crippen LogP contribution in [0.15, 0.2) is 47.5 Å². The fourth-order valence-electron chi connectivity index (χ4n) is 2.91. The van der Waals surface area contributed by atoms with Gasteiger partial charge in [-0.3, -0.25) is 4.99 Å². The van der Waals surface area contributed by atoms with Crippen LogP contribution in [0.25, 0.3) is 5.70 Å². The Kier molecular flexibility index (Phi) is 7.74. The molecule has 3 N–H and O–H groups in total. The van der Waals surface area contributed by atoms with Crippen molar-refractivity contribution in [1.82, 2.24) is 0 Å². The lowest BCUT2D eigenvalue weighted by atomic mass is 10.0. The second kappa shape index (κ2) is 10.3. The van der Waals surface area contributed by atoms with E-state index < -0.39 is 0 Å². The van der Waals surface area contributed by atoms with Crippen molar-refractivity contribution in [3.8, 4) is 11.5 Å². The molecule has 2 aromatic carbocycles. The summed E-state index contributed by atoms with van der Waals surface area (Å²) in [6, 6.07) is 12.0. The molecule has 0 aromatic heterocycles. The molecule has 0 saturated carbocycles. The molecule has 0 unspecified atom stereocenters. The first-order valence-corrected chi connectivity index (χ1v) is 9.12. The summed E-state index contributed by atoms with van der Waals surface area (Å²) in [6.45, 7) is 2.57. The first-order chi connectivity index (χ1) is 13.1. The van der Waals surface area contributed by atoms with Crippen LogP contribution >= 0.6 is 0 Å². The summed E-state index contributed by atoms with van der Waals surface area (Å²) < 4.78 is 11.7. The van der Waals surface area contributed by atoms with E-state index in [2.05, 4.69) is 23.3 Å². The van der Waals surface area contributed by atoms with Gasteiger partial charge in [-0.2, -0.15) is 0 Å². The second-order valence-electron chi connectivity index (χ2n) is 6.13. The van der Waals surface area contributed by atoms with Gasteiger partial charge in [0.15, 0.2) is 0 Å². The van der Waals surface area contributed by atoms with Gasteiger partial charge in [0, 0.05) is 31.7 Å². The van der Waals surface area contributed by atoms with Gasteiger partial charge in [0.25, 0.3) is 0 Å². The number of hydrogen-bond donors (Lipinski definition) is 2. The number of methoxy groups -OCH3 is 1. The fourth-order valence-corrected chi connectivity index (χ4v) is 2.91. The Bertz CT molecular complexity index is 791. The maximum Gasteiger partial charge on any atom is 0.127 e. The molecule has 0 heterocycles. The third-order valence-corrected chi connectivity index (χ3v) is 4.31. The van der Waals surface area contributed by atoms with E-state index in [1.807, 2.05) is 37.4 Å². The number of rotatable bonds is 9. The smallest absolute Gasteiger partial charge is 0.127 e. The highest BCUT2D eigenvalue weighted by molar-refractivity contribution is 5.83. The van der Waals surface area contributed by atoms with Crippen LogP contribution in [0.1, 0.15) is 30.0 Å². The van der Waals surface area contributed by atoms with Gasteiger partial charge in [-0.05, 0) is 54.0 Å². The lowest BCUT2D eigenvalue weighted by Gasteiger charge is -2.17. The first kappa shape index (κ1) is 20.4. The summed E-state index contributed by atoms with van der Waals surface area (Å²) in [5.74, 6) is 1.67. The summed E-state index contributed by atoms with van der Waals surface area (Å²) in [6.07, 6.45) is 5.44. The molecule has 5 nitrogen and oxygen atoms in total. The van der Waals surface area contributed by atoms with E-state index in [0.717, 1.165) is 46.7 Å². The molecule has 5 heteroatoms. The van der Waals surface area contributed by atoms with Gasteiger partial charge in [-0.1, -0.05) is 19.4 Å². The van der Waals surface area contributed by atoms with Gasteiger partial charge < -0.3 is 20.5 Å². The quantitative estimate of drug-likeness (QED) is 0.650. The molecule has 27 heavy (non-hydrogen) atoms. The molecule has 2 aromatic rings. The molecule has 2 rings (SSSR count). The van der Waals surface area contributed by atoms with Crippen molar-refractivity contribution in [3.05, 3.63) is 59.2 Å². The maximum atomic E-state index is 6.17. The summed E-state index contributed by atoms with van der Waals surface area (Å²) in [7, 11) is 5.29. The molecule has 0 aliphatic rings. The predicted molar refractivity (Wildman–Crippen MR) is 114 cm³/mol. The Labute approximate surface area is 161 Å². The number of benzene rings is 2. The van der Waals surface area contributed by atoms with Crippen LogP contribution in [0.4, 0.5) is 5.69 Å². The van der Waals surface area contributed by atoms with Crippen LogP contribution in [0.2, 0.25) is 0 Å². The SMILES string of the molecule is CCCc1cc(C(N)=CC=NC)ccc1OCc1c(NC)cccc1OC. The Balaban J connectivity index is 2.29. The molecular weight excluding hydrogens is 338 g/mol. The average molecular weight is 367 g/mol. The van der Waals surface area contributed by atoms with E-state index in [1.54, 1.807) is 26.4 Å². The highest BCUT2D eigenvalue weighted by Crippen LogP contribution is 2.30. The molecule has 0 radical (unpaired) electrons. The molecule has 0 aliphatic heterocycles. The fraction of sp³-hybridized carbons (Fsp3) is 0.318. The van der Waals surface area contributed by atoms with Gasteiger partial charge in [0.05, 0.1) is 12.7 Å². The molecule has 0 bridgehead atoms. The minimum absolute atomic E-state index is 0.421. The van der Waals surface area contributed by atoms with E-state index in [9.17, 15) is 0 Å². The van der Waals surface area contributed by atoms with Gasteiger partial charge in [0.1, 0.15) is 18.1 Å². The van der Waals surface area contributed by atoms with Crippen molar-refractivity contribution in [1.29, 1.82) is 0 Å². The Morgan fingerprint density at radius 2 is 2.04 bits per heavy atom. The molecule has 0 aliphatic carbocycles. The van der Waals surface area contributed by atoms with E-state index in [4.69, 9.17) is 15.2 Å². The number of anilines is 1. The predicted octanol–water partition coefficient (Wildman–Crippen LogP) is 4.27. The minimum atomic E-state index is 0.421. The number of nitrogens with two attached hydrogens (primary N) is 1. The monoisotopic (exact) mass is 367 g/mol. The summed E-state index contributed by atoms with van der Waals surface area (Å²) >= 11 is 0. The zero-order chi connectivity index (χ0) is 19.6. The van der Waals surface area contributed by atoms with E-state index in [1.165, 1.54) is 0 Å². The molecule has 0 fully saturated rings. The zero-order valence-electron chi connectivity index (χ0n) is 16.6. The molecule has 0 spiro atoms. The molecular formula is C22H29N3O2. The lowest BCUT2D eigenvalue weighted by Crippen LogP contribution is -2.05. The number of aliphatic imine (C=N–C) groups is 1. The largest absolute Gasteiger partial charge is 0.496 e. The Morgan fingerprint density at radius 1 is 1.22 bits per heavy atom. The van der Waals surface area contributed by atoms with Crippen molar-refractivity contribution in [3.63, 3.8) is 0 Å². The number of hydrogen-bond acceptors (Lipinski definition) is 5. The van der Waals surface area contributed by atoms with Gasteiger partial charge in [-0.15, -0.1) is 0 Å². The van der Waals surface area contributed by atoms with Gasteiger partial charge >= 0.3 is 0 Å². The summed E-state index contributed by atoms with van der Waals surface area (Å²) in [5, 5.41) is 3.19. The highest BCUT2D eigenvalue weighted by Gasteiger charge is 2.11. The van der Waals surface area contributed by atoms with Crippen LogP contribution in [0.3, 0.4) is 0 Å². The Morgan fingerprint density at radius 3 is 2.70 bits per heavy atom. The summed E-state index contributed by atoms with van der Waals surface area (Å²) in [4.78, 5) is 3.95. The van der Waals surface area contributed by atoms with E-state index >= 15 is 0 Å². The van der Waals surface area contributed by atoms with E-state index in [-0.39, 0.29) is 0 Å².